The van der Waals surface area contributed by atoms with E-state index in [9.17, 15) is 8.78 Å². The first-order chi connectivity index (χ1) is 10.0. The van der Waals surface area contributed by atoms with Crippen LogP contribution in [0.25, 0.3) is 0 Å². The molecule has 118 valence electrons. The second-order valence-electron chi connectivity index (χ2n) is 6.19. The summed E-state index contributed by atoms with van der Waals surface area (Å²) in [4.78, 5) is 2.51. The normalized spacial score (nSPS) is 20.4. The summed E-state index contributed by atoms with van der Waals surface area (Å²) in [7, 11) is 1.93. The second kappa shape index (κ2) is 6.84. The molecular weight excluding hydrogens is 270 g/mol. The molecule has 1 aliphatic rings. The number of nitrogens with zero attached hydrogens (tertiary/aromatic N) is 1. The molecule has 4 heteroatoms. The van der Waals surface area contributed by atoms with E-state index in [1.54, 1.807) is 6.07 Å². The van der Waals surface area contributed by atoms with Crippen molar-refractivity contribution in [2.75, 3.05) is 20.1 Å². The van der Waals surface area contributed by atoms with Gasteiger partial charge in [-0.2, -0.15) is 0 Å². The van der Waals surface area contributed by atoms with Crippen LogP contribution in [0.1, 0.15) is 38.7 Å². The van der Waals surface area contributed by atoms with Crippen LogP contribution in [0.3, 0.4) is 0 Å². The van der Waals surface area contributed by atoms with Gasteiger partial charge < -0.3 is 5.32 Å². The van der Waals surface area contributed by atoms with Gasteiger partial charge >= 0.3 is 0 Å². The average Bonchev–Trinajstić information content (AvgIpc) is 3.00. The quantitative estimate of drug-likeness (QED) is 0.866. The Hall–Kier alpha value is -1.00. The lowest BCUT2D eigenvalue weighted by Gasteiger charge is -2.44. The summed E-state index contributed by atoms with van der Waals surface area (Å²) in [6.45, 7) is 6.65. The molecule has 2 unspecified atom stereocenters. The summed E-state index contributed by atoms with van der Waals surface area (Å²) in [6.07, 6.45) is 4.04. The highest BCUT2D eigenvalue weighted by atomic mass is 19.1. The van der Waals surface area contributed by atoms with E-state index in [2.05, 4.69) is 24.1 Å². The Balaban J connectivity index is 2.20. The Labute approximate surface area is 126 Å². The zero-order valence-corrected chi connectivity index (χ0v) is 13.3. The van der Waals surface area contributed by atoms with Crippen LogP contribution in [0.15, 0.2) is 18.2 Å². The molecule has 2 atom stereocenters. The maximum absolute atomic E-state index is 13.9. The Morgan fingerprint density at radius 3 is 2.48 bits per heavy atom. The highest BCUT2D eigenvalue weighted by Crippen LogP contribution is 2.30. The Morgan fingerprint density at radius 1 is 1.29 bits per heavy atom. The van der Waals surface area contributed by atoms with Crippen LogP contribution < -0.4 is 5.32 Å². The maximum Gasteiger partial charge on any atom is 0.129 e. The van der Waals surface area contributed by atoms with Crippen LogP contribution in [0, 0.1) is 11.6 Å². The number of nitrogens with one attached hydrogen (secondary N) is 1. The van der Waals surface area contributed by atoms with Gasteiger partial charge in [0.05, 0.1) is 0 Å². The monoisotopic (exact) mass is 296 g/mol. The zero-order chi connectivity index (χ0) is 15.5. The van der Waals surface area contributed by atoms with E-state index in [0.717, 1.165) is 25.6 Å². The Bertz CT molecular complexity index is 472. The molecule has 1 fully saturated rings. The van der Waals surface area contributed by atoms with E-state index >= 15 is 0 Å². The first-order valence-corrected chi connectivity index (χ1v) is 7.87. The van der Waals surface area contributed by atoms with Crippen LogP contribution in [0.5, 0.6) is 0 Å². The fraction of sp³-hybridized carbons (Fsp3) is 0.647. The van der Waals surface area contributed by atoms with Crippen molar-refractivity contribution in [2.24, 2.45) is 0 Å². The number of benzene rings is 1. The van der Waals surface area contributed by atoms with Gasteiger partial charge in [0.15, 0.2) is 0 Å². The van der Waals surface area contributed by atoms with Gasteiger partial charge in [-0.05, 0) is 64.4 Å². The van der Waals surface area contributed by atoms with Crippen molar-refractivity contribution >= 4 is 0 Å². The van der Waals surface area contributed by atoms with Crippen LogP contribution in [-0.4, -0.2) is 36.6 Å². The van der Waals surface area contributed by atoms with Crippen molar-refractivity contribution < 1.29 is 8.78 Å². The molecule has 2 nitrogen and oxygen atoms in total. The molecule has 2 rings (SSSR count). The van der Waals surface area contributed by atoms with Crippen LogP contribution in [-0.2, 0) is 6.42 Å². The summed E-state index contributed by atoms with van der Waals surface area (Å²) in [6, 6.07) is 4.01. The molecule has 0 spiro atoms. The van der Waals surface area contributed by atoms with Crippen LogP contribution in [0.4, 0.5) is 8.78 Å². The number of halogens is 2. The fourth-order valence-electron chi connectivity index (χ4n) is 3.46. The number of hydrogen-bond donors (Lipinski definition) is 1. The van der Waals surface area contributed by atoms with Gasteiger partial charge in [-0.3, -0.25) is 4.90 Å². The molecule has 0 aromatic heterocycles. The van der Waals surface area contributed by atoms with Gasteiger partial charge in [0, 0.05) is 17.6 Å². The predicted molar refractivity (Wildman–Crippen MR) is 82.4 cm³/mol. The molecule has 1 aromatic rings. The first kappa shape index (κ1) is 16.4. The van der Waals surface area contributed by atoms with Crippen molar-refractivity contribution in [3.05, 3.63) is 35.4 Å². The summed E-state index contributed by atoms with van der Waals surface area (Å²) >= 11 is 0. The highest BCUT2D eigenvalue weighted by Gasteiger charge is 2.38. The molecule has 1 N–H and O–H groups in total. The molecule has 1 saturated heterocycles. The van der Waals surface area contributed by atoms with Crippen molar-refractivity contribution in [1.29, 1.82) is 0 Å². The molecule has 0 radical (unpaired) electrons. The number of hydrogen-bond acceptors (Lipinski definition) is 2. The van der Waals surface area contributed by atoms with Crippen molar-refractivity contribution in [3.63, 3.8) is 0 Å². The Kier molecular flexibility index (Phi) is 5.33. The molecule has 1 heterocycles. The molecule has 0 saturated carbocycles. The van der Waals surface area contributed by atoms with Gasteiger partial charge in [0.2, 0.25) is 0 Å². The van der Waals surface area contributed by atoms with Crippen LogP contribution >= 0.6 is 0 Å². The summed E-state index contributed by atoms with van der Waals surface area (Å²) in [5.41, 5.74) is 0.570. The number of likely N-dealkylation sites (N-methyl/N-ethyl adjacent to an activating group) is 1. The molecule has 1 aliphatic heterocycles. The minimum Gasteiger partial charge on any atom is -0.315 e. The first-order valence-electron chi connectivity index (χ1n) is 7.87. The lowest BCUT2D eigenvalue weighted by molar-refractivity contribution is 0.0869. The van der Waals surface area contributed by atoms with E-state index in [1.165, 1.54) is 18.9 Å². The number of likely N-dealkylation sites (tertiary alicyclic amines) is 1. The lowest BCUT2D eigenvalue weighted by atomic mass is 9.83. The molecule has 0 amide bonds. The van der Waals surface area contributed by atoms with E-state index in [1.807, 2.05) is 7.05 Å². The summed E-state index contributed by atoms with van der Waals surface area (Å²) < 4.78 is 27.0. The van der Waals surface area contributed by atoms with Gasteiger partial charge in [-0.1, -0.05) is 13.0 Å². The second-order valence-corrected chi connectivity index (χ2v) is 6.19. The Morgan fingerprint density at radius 2 is 1.95 bits per heavy atom. The highest BCUT2D eigenvalue weighted by molar-refractivity contribution is 5.21. The van der Waals surface area contributed by atoms with Crippen molar-refractivity contribution in [3.8, 4) is 0 Å². The smallest absolute Gasteiger partial charge is 0.129 e. The molecule has 1 aromatic carbocycles. The van der Waals surface area contributed by atoms with E-state index < -0.39 is 11.6 Å². The molecule has 0 aliphatic carbocycles. The maximum atomic E-state index is 13.9. The van der Waals surface area contributed by atoms with E-state index in [0.29, 0.717) is 12.0 Å². The standard InChI is InChI=1S/C17H26F2N2/c1-4-17(2,21-9-5-6-10-21)16(20-3)11-13-7-8-14(18)12-15(13)19/h7-8,12,16,20H,4-6,9-11H2,1-3H3. The molecule has 21 heavy (non-hydrogen) atoms. The third-order valence-corrected chi connectivity index (χ3v) is 5.08. The zero-order valence-electron chi connectivity index (χ0n) is 13.3. The third kappa shape index (κ3) is 3.43. The van der Waals surface area contributed by atoms with Gasteiger partial charge in [0.25, 0.3) is 0 Å². The topological polar surface area (TPSA) is 15.3 Å². The van der Waals surface area contributed by atoms with E-state index in [4.69, 9.17) is 0 Å². The van der Waals surface area contributed by atoms with E-state index in [-0.39, 0.29) is 11.6 Å². The molecule has 0 bridgehead atoms. The van der Waals surface area contributed by atoms with Gasteiger partial charge in [0.1, 0.15) is 11.6 Å². The lowest BCUT2D eigenvalue weighted by Crippen LogP contribution is -2.58. The molecular formula is C17H26F2N2. The van der Waals surface area contributed by atoms with Crippen molar-refractivity contribution in [1.82, 2.24) is 10.2 Å². The minimum atomic E-state index is -0.518. The van der Waals surface area contributed by atoms with Crippen molar-refractivity contribution in [2.45, 2.75) is 51.1 Å². The number of rotatable bonds is 6. The SMILES string of the molecule is CCC(C)(C(Cc1ccc(F)cc1F)NC)N1CCCC1. The third-order valence-electron chi connectivity index (χ3n) is 5.08. The largest absolute Gasteiger partial charge is 0.315 e. The minimum absolute atomic E-state index is 0.00786. The summed E-state index contributed by atoms with van der Waals surface area (Å²) in [5.74, 6) is -0.967. The van der Waals surface area contributed by atoms with Gasteiger partial charge in [-0.15, -0.1) is 0 Å². The summed E-state index contributed by atoms with van der Waals surface area (Å²) in [5, 5.41) is 3.36. The van der Waals surface area contributed by atoms with Gasteiger partial charge in [-0.25, -0.2) is 8.78 Å². The average molecular weight is 296 g/mol. The predicted octanol–water partition coefficient (Wildman–Crippen LogP) is 3.36. The van der Waals surface area contributed by atoms with Crippen LogP contribution in [0.2, 0.25) is 0 Å². The fourth-order valence-corrected chi connectivity index (χ4v) is 3.46.